The Morgan fingerprint density at radius 2 is 1.92 bits per heavy atom. The molecule has 0 aliphatic carbocycles. The summed E-state index contributed by atoms with van der Waals surface area (Å²) in [4.78, 5) is 28.6. The minimum Gasteiger partial charge on any atom is -0.355 e. The smallest absolute Gasteiger partial charge is 0.321 e. The second-order valence-electron chi connectivity index (χ2n) is 6.67. The number of rotatable bonds is 3. The van der Waals surface area contributed by atoms with Crippen LogP contribution in [0.4, 0.5) is 10.5 Å². The van der Waals surface area contributed by atoms with Gasteiger partial charge in [-0.3, -0.25) is 9.69 Å². The SMILES string of the molecule is CNC(=O)c1ccc(NC(=O)N2CCC(N3CCCC3)C2)c(C)c1. The lowest BCUT2D eigenvalue weighted by molar-refractivity contribution is 0.0963. The summed E-state index contributed by atoms with van der Waals surface area (Å²) >= 11 is 0. The monoisotopic (exact) mass is 330 g/mol. The van der Waals surface area contributed by atoms with Crippen molar-refractivity contribution in [2.24, 2.45) is 0 Å². The summed E-state index contributed by atoms with van der Waals surface area (Å²) in [7, 11) is 1.61. The number of urea groups is 1. The van der Waals surface area contributed by atoms with Gasteiger partial charge in [0.25, 0.3) is 5.91 Å². The van der Waals surface area contributed by atoms with E-state index in [2.05, 4.69) is 15.5 Å². The largest absolute Gasteiger partial charge is 0.355 e. The van der Waals surface area contributed by atoms with Gasteiger partial charge in [-0.1, -0.05) is 0 Å². The van der Waals surface area contributed by atoms with Crippen molar-refractivity contribution in [2.75, 3.05) is 38.5 Å². The number of hydrogen-bond acceptors (Lipinski definition) is 3. The molecular weight excluding hydrogens is 304 g/mol. The van der Waals surface area contributed by atoms with E-state index in [4.69, 9.17) is 0 Å². The third-order valence-electron chi connectivity index (χ3n) is 5.06. The molecule has 0 aromatic heterocycles. The molecule has 3 amide bonds. The molecule has 1 unspecified atom stereocenters. The average molecular weight is 330 g/mol. The van der Waals surface area contributed by atoms with Crippen LogP contribution < -0.4 is 10.6 Å². The van der Waals surface area contributed by atoms with Crippen LogP contribution in [-0.2, 0) is 0 Å². The van der Waals surface area contributed by atoms with Crippen molar-refractivity contribution in [3.63, 3.8) is 0 Å². The highest BCUT2D eigenvalue weighted by molar-refractivity contribution is 5.96. The fraction of sp³-hybridized carbons (Fsp3) is 0.556. The van der Waals surface area contributed by atoms with E-state index in [1.165, 1.54) is 25.9 Å². The maximum atomic E-state index is 12.5. The van der Waals surface area contributed by atoms with Gasteiger partial charge in [-0.15, -0.1) is 0 Å². The number of likely N-dealkylation sites (tertiary alicyclic amines) is 2. The first-order chi connectivity index (χ1) is 11.6. The Balaban J connectivity index is 1.60. The normalized spacial score (nSPS) is 21.1. The third kappa shape index (κ3) is 3.53. The number of nitrogens with one attached hydrogen (secondary N) is 2. The highest BCUT2D eigenvalue weighted by Crippen LogP contribution is 2.22. The second-order valence-corrected chi connectivity index (χ2v) is 6.67. The van der Waals surface area contributed by atoms with Gasteiger partial charge in [0.05, 0.1) is 0 Å². The maximum Gasteiger partial charge on any atom is 0.321 e. The summed E-state index contributed by atoms with van der Waals surface area (Å²) in [6.07, 6.45) is 3.61. The third-order valence-corrected chi connectivity index (χ3v) is 5.06. The van der Waals surface area contributed by atoms with Gasteiger partial charge in [-0.05, 0) is 63.0 Å². The summed E-state index contributed by atoms with van der Waals surface area (Å²) in [5, 5.41) is 5.59. The van der Waals surface area contributed by atoms with Crippen LogP contribution in [0.25, 0.3) is 0 Å². The van der Waals surface area contributed by atoms with Crippen LogP contribution in [0, 0.1) is 6.92 Å². The van der Waals surface area contributed by atoms with E-state index in [0.717, 1.165) is 30.8 Å². The van der Waals surface area contributed by atoms with Crippen molar-refractivity contribution in [2.45, 2.75) is 32.2 Å². The van der Waals surface area contributed by atoms with Gasteiger partial charge in [0.2, 0.25) is 0 Å². The molecule has 24 heavy (non-hydrogen) atoms. The van der Waals surface area contributed by atoms with Gasteiger partial charge < -0.3 is 15.5 Å². The second kappa shape index (κ2) is 7.21. The molecule has 1 aromatic rings. The summed E-state index contributed by atoms with van der Waals surface area (Å²) in [5.41, 5.74) is 2.25. The average Bonchev–Trinajstić information content (AvgIpc) is 3.26. The quantitative estimate of drug-likeness (QED) is 0.891. The van der Waals surface area contributed by atoms with Gasteiger partial charge in [0.15, 0.2) is 0 Å². The van der Waals surface area contributed by atoms with E-state index < -0.39 is 0 Å². The van der Waals surface area contributed by atoms with E-state index in [0.29, 0.717) is 11.6 Å². The number of carbonyl (C=O) groups is 2. The minimum absolute atomic E-state index is 0.0486. The number of hydrogen-bond donors (Lipinski definition) is 2. The van der Waals surface area contributed by atoms with Crippen molar-refractivity contribution in [3.05, 3.63) is 29.3 Å². The molecule has 2 aliphatic rings. The Morgan fingerprint density at radius 3 is 2.58 bits per heavy atom. The fourth-order valence-corrected chi connectivity index (χ4v) is 3.61. The van der Waals surface area contributed by atoms with Crippen LogP contribution in [0.3, 0.4) is 0 Å². The number of anilines is 1. The molecule has 0 bridgehead atoms. The van der Waals surface area contributed by atoms with Crippen molar-refractivity contribution < 1.29 is 9.59 Å². The van der Waals surface area contributed by atoms with Gasteiger partial charge in [-0.25, -0.2) is 4.79 Å². The van der Waals surface area contributed by atoms with E-state index in [-0.39, 0.29) is 11.9 Å². The fourth-order valence-electron chi connectivity index (χ4n) is 3.61. The van der Waals surface area contributed by atoms with Crippen molar-refractivity contribution in [1.82, 2.24) is 15.1 Å². The molecule has 6 nitrogen and oxygen atoms in total. The van der Waals surface area contributed by atoms with Crippen molar-refractivity contribution in [1.29, 1.82) is 0 Å². The van der Waals surface area contributed by atoms with Gasteiger partial charge in [0.1, 0.15) is 0 Å². The summed E-state index contributed by atoms with van der Waals surface area (Å²) in [6.45, 7) is 5.85. The number of amides is 3. The first kappa shape index (κ1) is 16.8. The molecule has 3 rings (SSSR count). The molecule has 130 valence electrons. The van der Waals surface area contributed by atoms with Crippen molar-refractivity contribution in [3.8, 4) is 0 Å². The maximum absolute atomic E-state index is 12.5. The highest BCUT2D eigenvalue weighted by atomic mass is 16.2. The van der Waals surface area contributed by atoms with E-state index in [1.54, 1.807) is 25.2 Å². The number of benzene rings is 1. The van der Waals surface area contributed by atoms with E-state index in [1.807, 2.05) is 11.8 Å². The molecule has 0 radical (unpaired) electrons. The van der Waals surface area contributed by atoms with Crippen LogP contribution >= 0.6 is 0 Å². The van der Waals surface area contributed by atoms with Gasteiger partial charge >= 0.3 is 6.03 Å². The van der Waals surface area contributed by atoms with E-state index in [9.17, 15) is 9.59 Å². The first-order valence-corrected chi connectivity index (χ1v) is 8.71. The molecule has 0 saturated carbocycles. The zero-order valence-corrected chi connectivity index (χ0v) is 14.5. The van der Waals surface area contributed by atoms with Gasteiger partial charge in [0, 0.05) is 37.4 Å². The molecule has 2 fully saturated rings. The molecule has 2 heterocycles. The Hall–Kier alpha value is -2.08. The van der Waals surface area contributed by atoms with Crippen LogP contribution in [0.1, 0.15) is 35.2 Å². The summed E-state index contributed by atoms with van der Waals surface area (Å²) in [6, 6.07) is 5.79. The standard InChI is InChI=1S/C18H26N4O2/c1-13-11-14(17(23)19-2)5-6-16(13)20-18(24)22-10-7-15(12-22)21-8-3-4-9-21/h5-6,11,15H,3-4,7-10,12H2,1-2H3,(H,19,23)(H,20,24). The van der Waals surface area contributed by atoms with Crippen LogP contribution in [0.5, 0.6) is 0 Å². The Morgan fingerprint density at radius 1 is 1.17 bits per heavy atom. The first-order valence-electron chi connectivity index (χ1n) is 8.71. The van der Waals surface area contributed by atoms with Crippen LogP contribution in [0.2, 0.25) is 0 Å². The minimum atomic E-state index is -0.121. The van der Waals surface area contributed by atoms with Crippen LogP contribution in [0.15, 0.2) is 18.2 Å². The van der Waals surface area contributed by atoms with Crippen LogP contribution in [-0.4, -0.2) is 61.0 Å². The molecule has 6 heteroatoms. The Kier molecular flexibility index (Phi) is 5.04. The molecule has 1 aromatic carbocycles. The lowest BCUT2D eigenvalue weighted by Gasteiger charge is -2.24. The van der Waals surface area contributed by atoms with E-state index >= 15 is 0 Å². The number of nitrogens with zero attached hydrogens (tertiary/aromatic N) is 2. The predicted molar refractivity (Wildman–Crippen MR) is 94.4 cm³/mol. The Labute approximate surface area is 143 Å². The van der Waals surface area contributed by atoms with Crippen molar-refractivity contribution >= 4 is 17.6 Å². The van der Waals surface area contributed by atoms with Gasteiger partial charge in [-0.2, -0.15) is 0 Å². The molecule has 2 saturated heterocycles. The zero-order chi connectivity index (χ0) is 17.1. The summed E-state index contributed by atoms with van der Waals surface area (Å²) < 4.78 is 0. The topological polar surface area (TPSA) is 64.7 Å². The predicted octanol–water partition coefficient (Wildman–Crippen LogP) is 2.06. The molecule has 2 N–H and O–H groups in total. The lowest BCUT2D eigenvalue weighted by Crippen LogP contribution is -2.38. The molecule has 0 spiro atoms. The molecule has 1 atom stereocenters. The summed E-state index contributed by atoms with van der Waals surface area (Å²) in [5.74, 6) is -0.121. The molecule has 2 aliphatic heterocycles. The lowest BCUT2D eigenvalue weighted by atomic mass is 10.1. The molecular formula is C18H26N4O2. The Bertz CT molecular complexity index is 625. The highest BCUT2D eigenvalue weighted by Gasteiger charge is 2.31. The zero-order valence-electron chi connectivity index (χ0n) is 14.5. The number of aryl methyl sites for hydroxylation is 1. The number of carbonyl (C=O) groups excluding carboxylic acids is 2.